The summed E-state index contributed by atoms with van der Waals surface area (Å²) in [6, 6.07) is 1.34. The van der Waals surface area contributed by atoms with Crippen LogP contribution in [0, 0.1) is 11.6 Å². The minimum atomic E-state index is -5.19. The molecule has 1 fully saturated rings. The number of halogens is 5. The van der Waals surface area contributed by atoms with Crippen LogP contribution < -0.4 is 10.2 Å². The zero-order valence-electron chi connectivity index (χ0n) is 10.7. The smallest absolute Gasteiger partial charge is 0.404 e. The molecule has 1 saturated heterocycles. The fourth-order valence-corrected chi connectivity index (χ4v) is 1.74. The summed E-state index contributed by atoms with van der Waals surface area (Å²) in [5.41, 5.74) is -0.0888. The van der Waals surface area contributed by atoms with Crippen LogP contribution in [0.1, 0.15) is 0 Å². The first-order valence-electron chi connectivity index (χ1n) is 5.81. The Labute approximate surface area is 116 Å². The number of benzene rings is 1. The Kier molecular flexibility index (Phi) is 4.69. The van der Waals surface area contributed by atoms with Crippen molar-refractivity contribution < 1.29 is 40.7 Å². The van der Waals surface area contributed by atoms with Crippen LogP contribution in [0.4, 0.5) is 22.0 Å². The van der Waals surface area contributed by atoms with Crippen molar-refractivity contribution in [3.8, 4) is 5.75 Å². The predicted molar refractivity (Wildman–Crippen MR) is 61.1 cm³/mol. The molecule has 1 aliphatic heterocycles. The molecular formula is C11H10BF5O4. The summed E-state index contributed by atoms with van der Waals surface area (Å²) >= 11 is 0. The Morgan fingerprint density at radius 3 is 2.10 bits per heavy atom. The summed E-state index contributed by atoms with van der Waals surface area (Å²) in [4.78, 5) is 0. The van der Waals surface area contributed by atoms with E-state index in [1.165, 1.54) is 7.11 Å². The maximum absolute atomic E-state index is 13.5. The van der Waals surface area contributed by atoms with Crippen LogP contribution >= 0.6 is 0 Å². The molecule has 1 aliphatic rings. The molecule has 10 heteroatoms. The summed E-state index contributed by atoms with van der Waals surface area (Å²) in [7, 11) is 0.362. The fraction of sp³-hybridized carbons (Fsp3) is 0.455. The lowest BCUT2D eigenvalue weighted by atomic mass is 9.77. The summed E-state index contributed by atoms with van der Waals surface area (Å²) in [6.45, 7) is 0.260. The quantitative estimate of drug-likeness (QED) is 0.628. The van der Waals surface area contributed by atoms with Gasteiger partial charge in [-0.3, -0.25) is 0 Å². The van der Waals surface area contributed by atoms with Crippen LogP contribution in [-0.4, -0.2) is 39.9 Å². The van der Waals surface area contributed by atoms with Gasteiger partial charge in [0, 0.05) is 7.11 Å². The molecule has 0 radical (unpaired) electrons. The first-order valence-corrected chi connectivity index (χ1v) is 5.81. The van der Waals surface area contributed by atoms with Crippen molar-refractivity contribution in [1.29, 1.82) is 0 Å². The molecule has 0 amide bonds. The van der Waals surface area contributed by atoms with Gasteiger partial charge in [-0.05, 0) is 17.6 Å². The molecule has 1 aromatic rings. The molecule has 1 aromatic carbocycles. The number of methoxy groups -OCH3 is 1. The molecule has 1 heterocycles. The molecule has 0 spiro atoms. The highest BCUT2D eigenvalue weighted by atomic mass is 19.4. The van der Waals surface area contributed by atoms with Gasteiger partial charge in [-0.1, -0.05) is 0 Å². The molecule has 2 rings (SSSR count). The molecule has 0 atom stereocenters. The van der Waals surface area contributed by atoms with Crippen molar-refractivity contribution in [2.45, 2.75) is 12.5 Å². The highest BCUT2D eigenvalue weighted by Crippen LogP contribution is 2.27. The second-order valence-corrected chi connectivity index (χ2v) is 4.22. The maximum Gasteiger partial charge on any atom is 0.573 e. The molecule has 116 valence electrons. The largest absolute Gasteiger partial charge is 0.573 e. The van der Waals surface area contributed by atoms with E-state index in [-0.39, 0.29) is 24.8 Å². The Morgan fingerprint density at radius 2 is 1.67 bits per heavy atom. The van der Waals surface area contributed by atoms with Gasteiger partial charge in [0.05, 0.1) is 13.2 Å². The van der Waals surface area contributed by atoms with Crippen LogP contribution in [0.2, 0.25) is 0 Å². The molecule has 0 bridgehead atoms. The van der Waals surface area contributed by atoms with Crippen molar-refractivity contribution in [3.05, 3.63) is 23.8 Å². The minimum Gasteiger partial charge on any atom is -0.404 e. The summed E-state index contributed by atoms with van der Waals surface area (Å²) in [5, 5.41) is 0. The summed E-state index contributed by atoms with van der Waals surface area (Å²) < 4.78 is 81.7. The van der Waals surface area contributed by atoms with Crippen LogP contribution in [0.25, 0.3) is 0 Å². The Morgan fingerprint density at radius 1 is 1.14 bits per heavy atom. The average Bonchev–Trinajstić information content (AvgIpc) is 2.42. The minimum absolute atomic E-state index is 0.0888. The molecule has 0 N–H and O–H groups in total. The number of hydrogen-bond donors (Lipinski definition) is 0. The Balaban J connectivity index is 2.16. The van der Waals surface area contributed by atoms with E-state index in [2.05, 4.69) is 4.74 Å². The standard InChI is InChI=1S/C11H10BF5O4/c1-18-7-4-19-12(20-5-7)6-2-8(13)10(9(14)3-6)21-11(15,16)17/h2-3,7H,4-5H2,1H3. The predicted octanol–water partition coefficient (Wildman–Crippen LogP) is 1.62. The van der Waals surface area contributed by atoms with E-state index in [4.69, 9.17) is 14.0 Å². The van der Waals surface area contributed by atoms with Crippen LogP contribution in [0.5, 0.6) is 5.75 Å². The average molecular weight is 312 g/mol. The van der Waals surface area contributed by atoms with Crippen molar-refractivity contribution in [2.24, 2.45) is 0 Å². The molecule has 0 aliphatic carbocycles. The lowest BCUT2D eigenvalue weighted by molar-refractivity contribution is -0.276. The first kappa shape index (κ1) is 16.0. The van der Waals surface area contributed by atoms with Gasteiger partial charge in [-0.25, -0.2) is 8.78 Å². The van der Waals surface area contributed by atoms with Gasteiger partial charge in [0.25, 0.3) is 0 Å². The molecule has 0 unspecified atom stereocenters. The van der Waals surface area contributed by atoms with E-state index in [0.29, 0.717) is 12.1 Å². The lowest BCUT2D eigenvalue weighted by Crippen LogP contribution is -2.47. The molecule has 4 nitrogen and oxygen atoms in total. The van der Waals surface area contributed by atoms with Crippen molar-refractivity contribution >= 4 is 12.6 Å². The van der Waals surface area contributed by atoms with Crippen molar-refractivity contribution in [1.82, 2.24) is 0 Å². The molecular weight excluding hydrogens is 302 g/mol. The fourth-order valence-electron chi connectivity index (χ4n) is 1.74. The highest BCUT2D eigenvalue weighted by molar-refractivity contribution is 6.61. The SMILES string of the molecule is COC1COB(c2cc(F)c(OC(F)(F)F)c(F)c2)OC1. The second kappa shape index (κ2) is 6.16. The van der Waals surface area contributed by atoms with Crippen molar-refractivity contribution in [2.75, 3.05) is 20.3 Å². The highest BCUT2D eigenvalue weighted by Gasteiger charge is 2.36. The number of ether oxygens (including phenoxy) is 2. The van der Waals surface area contributed by atoms with Crippen molar-refractivity contribution in [3.63, 3.8) is 0 Å². The van der Waals surface area contributed by atoms with Crippen LogP contribution in [0.3, 0.4) is 0 Å². The van der Waals surface area contributed by atoms with E-state index < -0.39 is 30.9 Å². The third kappa shape index (κ3) is 4.05. The Hall–Kier alpha value is -1.39. The van der Waals surface area contributed by atoms with E-state index in [9.17, 15) is 22.0 Å². The van der Waals surface area contributed by atoms with Gasteiger partial charge < -0.3 is 18.8 Å². The van der Waals surface area contributed by atoms with Gasteiger partial charge in [0.2, 0.25) is 5.75 Å². The monoisotopic (exact) mass is 312 g/mol. The summed E-state index contributed by atoms with van der Waals surface area (Å²) in [6.07, 6.45) is -5.50. The lowest BCUT2D eigenvalue weighted by Gasteiger charge is -2.26. The van der Waals surface area contributed by atoms with E-state index in [1.54, 1.807) is 0 Å². The molecule has 21 heavy (non-hydrogen) atoms. The van der Waals surface area contributed by atoms with Gasteiger partial charge in [-0.15, -0.1) is 13.2 Å². The van der Waals surface area contributed by atoms with Crippen LogP contribution in [0.15, 0.2) is 12.1 Å². The molecule has 0 aromatic heterocycles. The summed E-state index contributed by atoms with van der Waals surface area (Å²) in [5.74, 6) is -4.51. The first-order chi connectivity index (χ1) is 9.80. The van der Waals surface area contributed by atoms with Gasteiger partial charge in [0.15, 0.2) is 11.6 Å². The normalized spacial score (nSPS) is 17.1. The maximum atomic E-state index is 13.5. The topological polar surface area (TPSA) is 36.9 Å². The molecule has 0 saturated carbocycles. The van der Waals surface area contributed by atoms with Gasteiger partial charge in [-0.2, -0.15) is 0 Å². The second-order valence-electron chi connectivity index (χ2n) is 4.22. The Bertz CT molecular complexity index is 479. The zero-order valence-corrected chi connectivity index (χ0v) is 10.7. The third-order valence-corrected chi connectivity index (χ3v) is 2.71. The van der Waals surface area contributed by atoms with Gasteiger partial charge in [0.1, 0.15) is 6.10 Å². The number of alkyl halides is 3. The zero-order chi connectivity index (χ0) is 15.6. The van der Waals surface area contributed by atoms with E-state index >= 15 is 0 Å². The van der Waals surface area contributed by atoms with Crippen LogP contribution in [-0.2, 0) is 14.0 Å². The number of rotatable bonds is 3. The van der Waals surface area contributed by atoms with Gasteiger partial charge >= 0.3 is 13.5 Å². The third-order valence-electron chi connectivity index (χ3n) is 2.71. The number of hydrogen-bond acceptors (Lipinski definition) is 4. The van der Waals surface area contributed by atoms with E-state index in [0.717, 1.165) is 0 Å². The van der Waals surface area contributed by atoms with E-state index in [1.807, 2.05) is 0 Å².